The predicted octanol–water partition coefficient (Wildman–Crippen LogP) is 6.30. The summed E-state index contributed by atoms with van der Waals surface area (Å²) >= 11 is 7.17. The second-order valence-corrected chi connectivity index (χ2v) is 9.95. The van der Waals surface area contributed by atoms with E-state index in [1.54, 1.807) is 54.6 Å². The Hall–Kier alpha value is -3.95. The van der Waals surface area contributed by atoms with E-state index in [0.29, 0.717) is 40.1 Å². The van der Waals surface area contributed by atoms with Crippen LogP contribution in [0.5, 0.6) is 11.5 Å². The van der Waals surface area contributed by atoms with E-state index in [4.69, 9.17) is 25.8 Å². The summed E-state index contributed by atoms with van der Waals surface area (Å²) in [5.74, 6) is -0.523. The molecule has 0 unspecified atom stereocenters. The summed E-state index contributed by atoms with van der Waals surface area (Å²) in [5.41, 5.74) is 1.18. The van der Waals surface area contributed by atoms with Crippen LogP contribution in [-0.2, 0) is 14.3 Å². The number of hydrogen-bond donors (Lipinski definition) is 1. The minimum atomic E-state index is -0.556. The molecule has 0 saturated carbocycles. The zero-order chi connectivity index (χ0) is 27.9. The number of unbranched alkanes of at least 4 members (excludes halogenated alkanes) is 1. The first kappa shape index (κ1) is 28.1. The topological polar surface area (TPSA) is 94.2 Å². The largest absolute Gasteiger partial charge is 0.497 e. The number of ether oxygens (including phenoxy) is 3. The zero-order valence-electron chi connectivity index (χ0n) is 21.7. The van der Waals surface area contributed by atoms with Gasteiger partial charge in [0, 0.05) is 16.0 Å². The molecule has 1 heterocycles. The van der Waals surface area contributed by atoms with Crippen molar-refractivity contribution in [1.29, 1.82) is 0 Å². The van der Waals surface area contributed by atoms with Gasteiger partial charge in [-0.15, -0.1) is 0 Å². The molecule has 202 valence electrons. The van der Waals surface area contributed by atoms with Crippen molar-refractivity contribution in [3.63, 3.8) is 0 Å². The second-order valence-electron chi connectivity index (χ2n) is 8.43. The number of nitrogens with zero attached hydrogens (tertiary/aromatic N) is 1. The summed E-state index contributed by atoms with van der Waals surface area (Å²) in [4.78, 5) is 41.7. The van der Waals surface area contributed by atoms with Gasteiger partial charge in [-0.25, -0.2) is 9.69 Å². The summed E-state index contributed by atoms with van der Waals surface area (Å²) < 4.78 is 16.0. The lowest BCUT2D eigenvalue weighted by Crippen LogP contribution is -2.32. The summed E-state index contributed by atoms with van der Waals surface area (Å²) in [6.45, 7) is 2.34. The van der Waals surface area contributed by atoms with Crippen molar-refractivity contribution in [1.82, 2.24) is 0 Å². The molecule has 1 N–H and O–H groups in total. The van der Waals surface area contributed by atoms with Crippen molar-refractivity contribution in [2.45, 2.75) is 24.7 Å². The highest BCUT2D eigenvalue weighted by molar-refractivity contribution is 8.04. The quantitative estimate of drug-likeness (QED) is 0.164. The highest BCUT2D eigenvalue weighted by Gasteiger charge is 2.40. The number of methoxy groups -OCH3 is 2. The Morgan fingerprint density at radius 2 is 1.67 bits per heavy atom. The van der Waals surface area contributed by atoms with Crippen LogP contribution in [0.15, 0.2) is 82.2 Å². The third kappa shape index (κ3) is 6.38. The number of imide groups is 1. The number of thioether (sulfide) groups is 1. The van der Waals surface area contributed by atoms with E-state index in [-0.39, 0.29) is 10.6 Å². The van der Waals surface area contributed by atoms with Crippen molar-refractivity contribution < 1.29 is 28.6 Å². The standard InChI is InChI=1S/C29H27ClN2O6S/c1-4-5-16-38-29(35)18-6-10-20(11-7-18)32-27(33)25(31-23-17-21(36-2)12-15-24(23)37-3)26(28(32)34)39-22-13-8-19(30)9-14-22/h6-15,17,31H,4-5,16H2,1-3H3. The number of anilines is 2. The van der Waals surface area contributed by atoms with Crippen LogP contribution in [-0.4, -0.2) is 38.6 Å². The van der Waals surface area contributed by atoms with Gasteiger partial charge in [0.2, 0.25) is 0 Å². The molecule has 3 aromatic carbocycles. The molecule has 0 saturated heterocycles. The monoisotopic (exact) mass is 566 g/mol. The average Bonchev–Trinajstić information content (AvgIpc) is 3.18. The number of carbonyl (C=O) groups is 3. The van der Waals surface area contributed by atoms with Gasteiger partial charge in [0.15, 0.2) is 0 Å². The van der Waals surface area contributed by atoms with Crippen LogP contribution >= 0.6 is 23.4 Å². The van der Waals surface area contributed by atoms with Crippen LogP contribution in [0.3, 0.4) is 0 Å². The fraction of sp³-hybridized carbons (Fsp3) is 0.207. The number of rotatable bonds is 11. The first-order chi connectivity index (χ1) is 18.9. The molecule has 1 aliphatic rings. The fourth-order valence-corrected chi connectivity index (χ4v) is 4.81. The van der Waals surface area contributed by atoms with Crippen LogP contribution in [0.1, 0.15) is 30.1 Å². The van der Waals surface area contributed by atoms with E-state index < -0.39 is 17.8 Å². The van der Waals surface area contributed by atoms with E-state index in [2.05, 4.69) is 5.32 Å². The average molecular weight is 567 g/mol. The van der Waals surface area contributed by atoms with Gasteiger partial charge in [0.1, 0.15) is 22.1 Å². The molecule has 0 fully saturated rings. The molecular formula is C29H27ClN2O6S. The van der Waals surface area contributed by atoms with E-state index in [1.807, 2.05) is 6.92 Å². The van der Waals surface area contributed by atoms with E-state index in [1.165, 1.54) is 26.4 Å². The molecule has 0 radical (unpaired) electrons. The van der Waals surface area contributed by atoms with Gasteiger partial charge in [0.05, 0.1) is 37.8 Å². The van der Waals surface area contributed by atoms with Crippen LogP contribution < -0.4 is 19.7 Å². The van der Waals surface area contributed by atoms with Gasteiger partial charge >= 0.3 is 5.97 Å². The lowest BCUT2D eigenvalue weighted by atomic mass is 10.2. The molecule has 0 atom stereocenters. The Kier molecular flexibility index (Phi) is 9.16. The second kappa shape index (κ2) is 12.7. The maximum Gasteiger partial charge on any atom is 0.338 e. The van der Waals surface area contributed by atoms with Gasteiger partial charge in [-0.2, -0.15) is 0 Å². The SMILES string of the molecule is CCCCOC(=O)c1ccc(N2C(=O)C(Nc3cc(OC)ccc3OC)=C(Sc3ccc(Cl)cc3)C2=O)cc1. The van der Waals surface area contributed by atoms with Crippen LogP contribution in [0.2, 0.25) is 5.02 Å². The molecule has 4 rings (SSSR count). The molecule has 0 bridgehead atoms. The highest BCUT2D eigenvalue weighted by atomic mass is 35.5. The van der Waals surface area contributed by atoms with Crippen LogP contribution in [0, 0.1) is 0 Å². The smallest absolute Gasteiger partial charge is 0.338 e. The Balaban J connectivity index is 1.68. The Bertz CT molecular complexity index is 1410. The molecule has 0 aliphatic carbocycles. The first-order valence-corrected chi connectivity index (χ1v) is 13.4. The van der Waals surface area contributed by atoms with Crippen molar-refractivity contribution in [3.8, 4) is 11.5 Å². The van der Waals surface area contributed by atoms with Crippen molar-refractivity contribution in [3.05, 3.63) is 87.9 Å². The van der Waals surface area contributed by atoms with Crippen molar-refractivity contribution in [2.24, 2.45) is 0 Å². The minimum Gasteiger partial charge on any atom is -0.497 e. The molecule has 0 spiro atoms. The molecule has 2 amide bonds. The van der Waals surface area contributed by atoms with E-state index in [9.17, 15) is 14.4 Å². The number of amides is 2. The number of halogens is 1. The van der Waals surface area contributed by atoms with Gasteiger partial charge in [0.25, 0.3) is 11.8 Å². The lowest BCUT2D eigenvalue weighted by molar-refractivity contribution is -0.120. The van der Waals surface area contributed by atoms with Gasteiger partial charge in [-0.1, -0.05) is 36.7 Å². The minimum absolute atomic E-state index is 0.0783. The summed E-state index contributed by atoms with van der Waals surface area (Å²) in [7, 11) is 3.04. The third-order valence-corrected chi connectivity index (χ3v) is 7.18. The molecule has 10 heteroatoms. The van der Waals surface area contributed by atoms with Crippen LogP contribution in [0.25, 0.3) is 0 Å². The zero-order valence-corrected chi connectivity index (χ0v) is 23.2. The maximum atomic E-state index is 13.7. The number of esters is 1. The van der Waals surface area contributed by atoms with Gasteiger partial charge < -0.3 is 19.5 Å². The molecule has 8 nitrogen and oxygen atoms in total. The first-order valence-electron chi connectivity index (χ1n) is 12.2. The lowest BCUT2D eigenvalue weighted by Gasteiger charge is -2.16. The third-order valence-electron chi connectivity index (χ3n) is 5.83. The van der Waals surface area contributed by atoms with Crippen molar-refractivity contribution >= 4 is 52.5 Å². The van der Waals surface area contributed by atoms with E-state index >= 15 is 0 Å². The molecule has 3 aromatic rings. The molecule has 0 aromatic heterocycles. The van der Waals surface area contributed by atoms with Gasteiger partial charge in [-0.3, -0.25) is 9.59 Å². The Morgan fingerprint density at radius 3 is 2.31 bits per heavy atom. The maximum absolute atomic E-state index is 13.7. The number of hydrogen-bond acceptors (Lipinski definition) is 8. The molecule has 1 aliphatic heterocycles. The Morgan fingerprint density at radius 1 is 0.949 bits per heavy atom. The number of carbonyl (C=O) groups excluding carboxylic acids is 3. The Labute approximate surface area is 235 Å². The van der Waals surface area contributed by atoms with Crippen molar-refractivity contribution in [2.75, 3.05) is 31.0 Å². The summed E-state index contributed by atoms with van der Waals surface area (Å²) in [5, 5.41) is 3.65. The normalized spacial score (nSPS) is 13.1. The number of benzene rings is 3. The van der Waals surface area contributed by atoms with E-state index in [0.717, 1.165) is 34.4 Å². The molecular weight excluding hydrogens is 540 g/mol. The van der Waals surface area contributed by atoms with Crippen LogP contribution in [0.4, 0.5) is 11.4 Å². The highest BCUT2D eigenvalue weighted by Crippen LogP contribution is 2.40. The number of nitrogens with one attached hydrogen (secondary N) is 1. The molecule has 39 heavy (non-hydrogen) atoms. The predicted molar refractivity (Wildman–Crippen MR) is 152 cm³/mol. The summed E-state index contributed by atoms with van der Waals surface area (Å²) in [6, 6.07) is 18.2. The summed E-state index contributed by atoms with van der Waals surface area (Å²) in [6.07, 6.45) is 1.68. The van der Waals surface area contributed by atoms with Gasteiger partial charge in [-0.05, 0) is 67.1 Å². The fourth-order valence-electron chi connectivity index (χ4n) is 3.76.